The number of hydrogen-bond acceptors (Lipinski definition) is 2. The van der Waals surface area contributed by atoms with Gasteiger partial charge in [0.1, 0.15) is 5.82 Å². The van der Waals surface area contributed by atoms with E-state index in [9.17, 15) is 18.0 Å². The molecule has 2 aromatic rings. The zero-order valence-electron chi connectivity index (χ0n) is 14.0. The van der Waals surface area contributed by atoms with Gasteiger partial charge in [-0.05, 0) is 38.0 Å². The first-order valence-corrected chi connectivity index (χ1v) is 7.56. The Morgan fingerprint density at radius 2 is 1.83 bits per heavy atom. The molecule has 130 valence electrons. The first-order chi connectivity index (χ1) is 11.1. The molecule has 1 aromatic heterocycles. The van der Waals surface area contributed by atoms with Crippen molar-refractivity contribution < 1.29 is 18.0 Å². The molecule has 7 heteroatoms. The predicted molar refractivity (Wildman–Crippen MR) is 85.6 cm³/mol. The minimum atomic E-state index is -4.35. The van der Waals surface area contributed by atoms with Crippen LogP contribution in [0.15, 0.2) is 24.3 Å². The standard InChI is InChI=1S/C17H20F3N3O/c1-10(9-13-5-7-14(8-6-13)17(18,19)20)16(24)21-15-11(2)12(3)22-23(15)4/h5-8,10H,9H2,1-4H3,(H,21,24). The maximum absolute atomic E-state index is 12.6. The third-order valence-electron chi connectivity index (χ3n) is 4.03. The van der Waals surface area contributed by atoms with Crippen molar-refractivity contribution in [2.75, 3.05) is 5.32 Å². The highest BCUT2D eigenvalue weighted by atomic mass is 19.4. The van der Waals surface area contributed by atoms with Crippen LogP contribution in [0, 0.1) is 19.8 Å². The van der Waals surface area contributed by atoms with E-state index in [1.165, 1.54) is 12.1 Å². The molecule has 2 rings (SSSR count). The Labute approximate surface area is 138 Å². The van der Waals surface area contributed by atoms with Gasteiger partial charge >= 0.3 is 6.18 Å². The van der Waals surface area contributed by atoms with Crippen molar-refractivity contribution in [3.05, 3.63) is 46.6 Å². The number of alkyl halides is 3. The SMILES string of the molecule is Cc1nn(C)c(NC(=O)C(C)Cc2ccc(C(F)(F)F)cc2)c1C. The van der Waals surface area contributed by atoms with Crippen LogP contribution in [0.3, 0.4) is 0 Å². The average Bonchev–Trinajstić information content (AvgIpc) is 2.73. The molecule has 1 heterocycles. The molecular formula is C17H20F3N3O. The van der Waals surface area contributed by atoms with Gasteiger partial charge in [-0.2, -0.15) is 18.3 Å². The van der Waals surface area contributed by atoms with Crippen LogP contribution in [0.1, 0.15) is 29.3 Å². The van der Waals surface area contributed by atoms with E-state index in [1.807, 2.05) is 13.8 Å². The lowest BCUT2D eigenvalue weighted by Crippen LogP contribution is -2.24. The summed E-state index contributed by atoms with van der Waals surface area (Å²) >= 11 is 0. The Balaban J connectivity index is 2.04. The number of rotatable bonds is 4. The number of amides is 1. The smallest absolute Gasteiger partial charge is 0.310 e. The number of carbonyl (C=O) groups excluding carboxylic acids is 1. The van der Waals surface area contributed by atoms with E-state index in [1.54, 1.807) is 18.7 Å². The van der Waals surface area contributed by atoms with Gasteiger partial charge < -0.3 is 5.32 Å². The third-order valence-corrected chi connectivity index (χ3v) is 4.03. The first kappa shape index (κ1) is 18.0. The Morgan fingerprint density at radius 3 is 2.29 bits per heavy atom. The lowest BCUT2D eigenvalue weighted by Gasteiger charge is -2.14. The third kappa shape index (κ3) is 3.96. The summed E-state index contributed by atoms with van der Waals surface area (Å²) in [7, 11) is 1.75. The van der Waals surface area contributed by atoms with Crippen LogP contribution in [0.2, 0.25) is 0 Å². The molecule has 1 aromatic carbocycles. The number of hydrogen-bond donors (Lipinski definition) is 1. The number of carbonyl (C=O) groups is 1. The second kappa shape index (κ2) is 6.67. The van der Waals surface area contributed by atoms with E-state index < -0.39 is 11.7 Å². The van der Waals surface area contributed by atoms with Crippen LogP contribution in [0.25, 0.3) is 0 Å². The Morgan fingerprint density at radius 1 is 1.25 bits per heavy atom. The fourth-order valence-corrected chi connectivity index (χ4v) is 2.45. The fraction of sp³-hybridized carbons (Fsp3) is 0.412. The molecule has 1 atom stereocenters. The van der Waals surface area contributed by atoms with Crippen LogP contribution in [-0.4, -0.2) is 15.7 Å². The van der Waals surface area contributed by atoms with Crippen LogP contribution < -0.4 is 5.32 Å². The molecule has 4 nitrogen and oxygen atoms in total. The van der Waals surface area contributed by atoms with Crippen LogP contribution in [0.5, 0.6) is 0 Å². The van der Waals surface area contributed by atoms with E-state index >= 15 is 0 Å². The average molecular weight is 339 g/mol. The highest BCUT2D eigenvalue weighted by molar-refractivity contribution is 5.92. The Kier molecular flexibility index (Phi) is 5.01. The summed E-state index contributed by atoms with van der Waals surface area (Å²) in [5, 5.41) is 7.07. The Bertz CT molecular complexity index is 733. The van der Waals surface area contributed by atoms with Crippen LogP contribution in [-0.2, 0) is 24.4 Å². The molecule has 0 aliphatic carbocycles. The zero-order chi connectivity index (χ0) is 18.1. The summed E-state index contributed by atoms with van der Waals surface area (Å²) in [6, 6.07) is 4.89. The summed E-state index contributed by atoms with van der Waals surface area (Å²) in [6.45, 7) is 5.47. The van der Waals surface area contributed by atoms with Gasteiger partial charge in [0.2, 0.25) is 5.91 Å². The van der Waals surface area contributed by atoms with Crippen LogP contribution in [0.4, 0.5) is 19.0 Å². The van der Waals surface area contributed by atoms with Crippen LogP contribution >= 0.6 is 0 Å². The van der Waals surface area contributed by atoms with Crippen molar-refractivity contribution in [3.63, 3.8) is 0 Å². The second-order valence-corrected chi connectivity index (χ2v) is 5.97. The molecule has 0 aliphatic heterocycles. The van der Waals surface area contributed by atoms with Crippen molar-refractivity contribution in [1.29, 1.82) is 0 Å². The van der Waals surface area contributed by atoms with Gasteiger partial charge in [0.25, 0.3) is 0 Å². The summed E-state index contributed by atoms with van der Waals surface area (Å²) in [6.07, 6.45) is -3.99. The molecule has 1 amide bonds. The molecule has 0 bridgehead atoms. The molecular weight excluding hydrogens is 319 g/mol. The number of nitrogens with one attached hydrogen (secondary N) is 1. The number of anilines is 1. The number of benzene rings is 1. The minimum Gasteiger partial charge on any atom is -0.310 e. The van der Waals surface area contributed by atoms with Gasteiger partial charge in [0, 0.05) is 18.5 Å². The van der Waals surface area contributed by atoms with E-state index in [0.29, 0.717) is 17.8 Å². The van der Waals surface area contributed by atoms with Gasteiger partial charge in [0.15, 0.2) is 0 Å². The molecule has 0 spiro atoms. The van der Waals surface area contributed by atoms with Gasteiger partial charge in [-0.1, -0.05) is 19.1 Å². The normalized spacial score (nSPS) is 13.0. The van der Waals surface area contributed by atoms with Gasteiger partial charge in [-0.25, -0.2) is 0 Å². The van der Waals surface area contributed by atoms with E-state index in [-0.39, 0.29) is 11.8 Å². The molecule has 0 radical (unpaired) electrons. The number of aromatic nitrogens is 2. The summed E-state index contributed by atoms with van der Waals surface area (Å²) in [5.41, 5.74) is 1.73. The molecule has 1 N–H and O–H groups in total. The monoisotopic (exact) mass is 339 g/mol. The van der Waals surface area contributed by atoms with Crippen molar-refractivity contribution in [2.24, 2.45) is 13.0 Å². The number of halogens is 3. The van der Waals surface area contributed by atoms with Crippen molar-refractivity contribution in [2.45, 2.75) is 33.4 Å². The molecule has 0 fully saturated rings. The largest absolute Gasteiger partial charge is 0.416 e. The summed E-state index contributed by atoms with van der Waals surface area (Å²) < 4.78 is 39.3. The predicted octanol–water partition coefficient (Wildman–Crippen LogP) is 3.87. The zero-order valence-corrected chi connectivity index (χ0v) is 14.0. The molecule has 0 saturated heterocycles. The highest BCUT2D eigenvalue weighted by Gasteiger charge is 2.30. The fourth-order valence-electron chi connectivity index (χ4n) is 2.45. The molecule has 0 aliphatic rings. The van der Waals surface area contributed by atoms with Gasteiger partial charge in [-0.15, -0.1) is 0 Å². The molecule has 1 unspecified atom stereocenters. The first-order valence-electron chi connectivity index (χ1n) is 7.56. The van der Waals surface area contributed by atoms with Crippen molar-refractivity contribution >= 4 is 11.7 Å². The quantitative estimate of drug-likeness (QED) is 0.919. The Hall–Kier alpha value is -2.31. The van der Waals surface area contributed by atoms with E-state index in [0.717, 1.165) is 23.4 Å². The summed E-state index contributed by atoms with van der Waals surface area (Å²) in [4.78, 5) is 12.3. The molecule has 24 heavy (non-hydrogen) atoms. The number of aryl methyl sites for hydroxylation is 2. The van der Waals surface area contributed by atoms with Gasteiger partial charge in [0.05, 0.1) is 11.3 Å². The lowest BCUT2D eigenvalue weighted by molar-refractivity contribution is -0.137. The maximum Gasteiger partial charge on any atom is 0.416 e. The topological polar surface area (TPSA) is 46.9 Å². The number of nitrogens with zero attached hydrogens (tertiary/aromatic N) is 2. The minimum absolute atomic E-state index is 0.194. The van der Waals surface area contributed by atoms with E-state index in [2.05, 4.69) is 10.4 Å². The van der Waals surface area contributed by atoms with Gasteiger partial charge in [-0.3, -0.25) is 9.48 Å². The second-order valence-electron chi connectivity index (χ2n) is 5.97. The molecule has 0 saturated carbocycles. The van der Waals surface area contributed by atoms with Crippen molar-refractivity contribution in [1.82, 2.24) is 9.78 Å². The van der Waals surface area contributed by atoms with E-state index in [4.69, 9.17) is 0 Å². The summed E-state index contributed by atoms with van der Waals surface area (Å²) in [5.74, 6) is 0.0640. The maximum atomic E-state index is 12.6. The van der Waals surface area contributed by atoms with Crippen molar-refractivity contribution in [3.8, 4) is 0 Å². The highest BCUT2D eigenvalue weighted by Crippen LogP contribution is 2.29. The lowest BCUT2D eigenvalue weighted by atomic mass is 9.99.